The van der Waals surface area contributed by atoms with E-state index >= 15 is 0 Å². The highest BCUT2D eigenvalue weighted by atomic mass is 19.1. The van der Waals surface area contributed by atoms with E-state index in [0.717, 1.165) is 19.2 Å². The molecule has 0 radical (unpaired) electrons. The predicted molar refractivity (Wildman–Crippen MR) is 91.8 cm³/mol. The number of pyridine rings is 1. The van der Waals surface area contributed by atoms with Crippen molar-refractivity contribution in [3.63, 3.8) is 0 Å². The Morgan fingerprint density at radius 3 is 2.56 bits per heavy atom. The number of nitro groups is 1. The largest absolute Gasteiger partial charge is 0.467 e. The molecule has 27 heavy (non-hydrogen) atoms. The van der Waals surface area contributed by atoms with Gasteiger partial charge in [0.1, 0.15) is 11.6 Å². The molecule has 1 amide bonds. The third-order valence-corrected chi connectivity index (χ3v) is 3.79. The van der Waals surface area contributed by atoms with Crippen LogP contribution in [-0.4, -0.2) is 65.3 Å². The number of rotatable bonds is 3. The smallest absolute Gasteiger partial charge is 0.410 e. The normalized spacial score (nSPS) is 17.4. The Morgan fingerprint density at radius 1 is 1.33 bits per heavy atom. The first-order valence-electron chi connectivity index (χ1n) is 8.17. The van der Waals surface area contributed by atoms with E-state index in [0.29, 0.717) is 0 Å². The Balaban J connectivity index is 2.34. The number of hydrogen-bond acceptors (Lipinski definition) is 8. The number of carbonyl (C=O) groups excluding carboxylic acids is 2. The number of halogens is 1. The molecule has 0 aromatic carbocycles. The van der Waals surface area contributed by atoms with Gasteiger partial charge in [0.05, 0.1) is 18.6 Å². The molecule has 1 fully saturated rings. The summed E-state index contributed by atoms with van der Waals surface area (Å²) in [5.74, 6) is -1.95. The number of amides is 1. The van der Waals surface area contributed by atoms with E-state index in [2.05, 4.69) is 4.98 Å². The maximum atomic E-state index is 13.6. The van der Waals surface area contributed by atoms with E-state index in [1.165, 1.54) is 9.80 Å². The zero-order valence-corrected chi connectivity index (χ0v) is 15.5. The number of methoxy groups -OCH3 is 1. The highest BCUT2D eigenvalue weighted by Gasteiger charge is 2.39. The van der Waals surface area contributed by atoms with Gasteiger partial charge in [-0.2, -0.15) is 9.37 Å². The van der Waals surface area contributed by atoms with Crippen LogP contribution in [0.2, 0.25) is 0 Å². The zero-order valence-electron chi connectivity index (χ0n) is 15.5. The van der Waals surface area contributed by atoms with Crippen molar-refractivity contribution in [2.75, 3.05) is 31.6 Å². The summed E-state index contributed by atoms with van der Waals surface area (Å²) in [4.78, 5) is 41.2. The maximum absolute atomic E-state index is 13.6. The van der Waals surface area contributed by atoms with E-state index in [9.17, 15) is 24.1 Å². The van der Waals surface area contributed by atoms with Gasteiger partial charge in [0.25, 0.3) is 0 Å². The Hall–Kier alpha value is -2.98. The van der Waals surface area contributed by atoms with Gasteiger partial charge >= 0.3 is 17.7 Å². The summed E-state index contributed by atoms with van der Waals surface area (Å²) in [6, 6.07) is 0.752. The molecule has 2 rings (SSSR count). The van der Waals surface area contributed by atoms with Gasteiger partial charge in [-0.1, -0.05) is 0 Å². The molecule has 11 heteroatoms. The fraction of sp³-hybridized carbons (Fsp3) is 0.562. The van der Waals surface area contributed by atoms with Crippen molar-refractivity contribution in [1.29, 1.82) is 0 Å². The Kier molecular flexibility index (Phi) is 5.82. The number of nitrogens with zero attached hydrogens (tertiary/aromatic N) is 4. The molecule has 0 spiro atoms. The molecular formula is C16H21FN4O6. The van der Waals surface area contributed by atoms with Crippen molar-refractivity contribution in [2.45, 2.75) is 32.4 Å². The lowest BCUT2D eigenvalue weighted by Crippen LogP contribution is -2.59. The molecule has 2 heterocycles. The highest BCUT2D eigenvalue weighted by Crippen LogP contribution is 2.29. The minimum absolute atomic E-state index is 0.0102. The maximum Gasteiger partial charge on any atom is 0.410 e. The summed E-state index contributed by atoms with van der Waals surface area (Å²) in [5, 5.41) is 11.3. The van der Waals surface area contributed by atoms with Crippen LogP contribution in [0, 0.1) is 16.1 Å². The molecule has 0 N–H and O–H groups in total. The number of aromatic nitrogens is 1. The fourth-order valence-electron chi connectivity index (χ4n) is 2.64. The third-order valence-electron chi connectivity index (χ3n) is 3.79. The minimum atomic E-state index is -1.09. The lowest BCUT2D eigenvalue weighted by molar-refractivity contribution is -0.384. The Morgan fingerprint density at radius 2 is 2.00 bits per heavy atom. The second-order valence-electron chi connectivity index (χ2n) is 6.89. The van der Waals surface area contributed by atoms with Crippen LogP contribution in [-0.2, 0) is 14.3 Å². The molecule has 0 saturated carbocycles. The van der Waals surface area contributed by atoms with E-state index < -0.39 is 40.3 Å². The lowest BCUT2D eigenvalue weighted by atomic mass is 10.1. The number of esters is 1. The standard InChI is InChI=1S/C16H21FN4O6/c1-16(2,3)27-15(23)19-7-8-20(11(9-19)14(22)26-4)13-10(21(24)25)5-6-12(17)18-13/h5-6,11H,7-9H2,1-4H3/t11-/m0/s1. The van der Waals surface area contributed by atoms with Crippen LogP contribution < -0.4 is 4.90 Å². The topological polar surface area (TPSA) is 115 Å². The highest BCUT2D eigenvalue weighted by molar-refractivity contribution is 5.82. The van der Waals surface area contributed by atoms with E-state index in [4.69, 9.17) is 9.47 Å². The number of ether oxygens (including phenoxy) is 2. The number of anilines is 1. The first kappa shape index (κ1) is 20.3. The molecule has 1 atom stereocenters. The van der Waals surface area contributed by atoms with Gasteiger partial charge in [0, 0.05) is 25.2 Å². The van der Waals surface area contributed by atoms with Gasteiger partial charge in [-0.05, 0) is 20.8 Å². The van der Waals surface area contributed by atoms with Gasteiger partial charge < -0.3 is 19.3 Å². The summed E-state index contributed by atoms with van der Waals surface area (Å²) >= 11 is 0. The number of hydrogen-bond donors (Lipinski definition) is 0. The molecule has 0 unspecified atom stereocenters. The van der Waals surface area contributed by atoms with Crippen LogP contribution in [0.3, 0.4) is 0 Å². The molecule has 0 bridgehead atoms. The molecule has 1 aliphatic heterocycles. The molecule has 148 valence electrons. The van der Waals surface area contributed by atoms with Crippen molar-refractivity contribution in [1.82, 2.24) is 9.88 Å². The van der Waals surface area contributed by atoms with Crippen molar-refractivity contribution < 1.29 is 28.4 Å². The summed E-state index contributed by atoms with van der Waals surface area (Å²) in [6.07, 6.45) is -0.627. The number of piperazine rings is 1. The summed E-state index contributed by atoms with van der Waals surface area (Å²) < 4.78 is 23.6. The summed E-state index contributed by atoms with van der Waals surface area (Å²) in [6.45, 7) is 5.10. The van der Waals surface area contributed by atoms with Crippen molar-refractivity contribution in [2.24, 2.45) is 0 Å². The van der Waals surface area contributed by atoms with Crippen LogP contribution in [0.1, 0.15) is 20.8 Å². The summed E-state index contributed by atoms with van der Waals surface area (Å²) in [5.41, 5.74) is -1.17. The van der Waals surface area contributed by atoms with Gasteiger partial charge in [-0.25, -0.2) is 9.59 Å². The fourth-order valence-corrected chi connectivity index (χ4v) is 2.64. The van der Waals surface area contributed by atoms with Crippen molar-refractivity contribution in [3.8, 4) is 0 Å². The van der Waals surface area contributed by atoms with Gasteiger partial charge in [0.2, 0.25) is 11.8 Å². The van der Waals surface area contributed by atoms with E-state index in [-0.39, 0.29) is 25.5 Å². The lowest BCUT2D eigenvalue weighted by Gasteiger charge is -2.40. The minimum Gasteiger partial charge on any atom is -0.467 e. The van der Waals surface area contributed by atoms with Crippen LogP contribution in [0.15, 0.2) is 12.1 Å². The second-order valence-corrected chi connectivity index (χ2v) is 6.89. The van der Waals surface area contributed by atoms with Crippen LogP contribution >= 0.6 is 0 Å². The Bertz CT molecular complexity index is 751. The summed E-state index contributed by atoms with van der Waals surface area (Å²) in [7, 11) is 1.15. The monoisotopic (exact) mass is 384 g/mol. The Labute approximate surface area is 155 Å². The molecular weight excluding hydrogens is 363 g/mol. The van der Waals surface area contributed by atoms with Crippen LogP contribution in [0.4, 0.5) is 20.7 Å². The van der Waals surface area contributed by atoms with E-state index in [1.54, 1.807) is 20.8 Å². The van der Waals surface area contributed by atoms with Crippen molar-refractivity contribution >= 4 is 23.6 Å². The molecule has 1 aliphatic rings. The average molecular weight is 384 g/mol. The predicted octanol–water partition coefficient (Wildman–Crippen LogP) is 1.73. The van der Waals surface area contributed by atoms with Crippen LogP contribution in [0.25, 0.3) is 0 Å². The first-order valence-corrected chi connectivity index (χ1v) is 8.17. The van der Waals surface area contributed by atoms with Crippen molar-refractivity contribution in [3.05, 3.63) is 28.2 Å². The zero-order chi connectivity index (χ0) is 20.4. The van der Waals surface area contributed by atoms with E-state index in [1.807, 2.05) is 0 Å². The molecule has 1 aromatic rings. The van der Waals surface area contributed by atoms with Gasteiger partial charge in [0.15, 0.2) is 0 Å². The van der Waals surface area contributed by atoms with Gasteiger partial charge in [-0.3, -0.25) is 10.1 Å². The van der Waals surface area contributed by atoms with Crippen LogP contribution in [0.5, 0.6) is 0 Å². The molecule has 1 saturated heterocycles. The average Bonchev–Trinajstić information content (AvgIpc) is 2.58. The molecule has 1 aromatic heterocycles. The van der Waals surface area contributed by atoms with Gasteiger partial charge in [-0.15, -0.1) is 0 Å². The molecule has 10 nitrogen and oxygen atoms in total. The quantitative estimate of drug-likeness (QED) is 0.335. The third kappa shape index (κ3) is 4.80. The first-order chi connectivity index (χ1) is 12.5. The SMILES string of the molecule is COC(=O)[C@@H]1CN(C(=O)OC(C)(C)C)CCN1c1nc(F)ccc1[N+](=O)[O-]. The second kappa shape index (κ2) is 7.72. The molecule has 0 aliphatic carbocycles. The number of carbonyl (C=O) groups is 2.